The molecule has 1 amide bonds. The Morgan fingerprint density at radius 3 is 2.77 bits per heavy atom. The van der Waals surface area contributed by atoms with Crippen LogP contribution in [0.4, 0.5) is 0 Å². The number of hydrogen-bond donors (Lipinski definition) is 3. The number of amides is 1. The number of aromatic nitrogens is 2. The third-order valence-corrected chi connectivity index (χ3v) is 4.14. The molecule has 0 atom stereocenters. The maximum Gasteiger partial charge on any atom is 0.261 e. The van der Waals surface area contributed by atoms with Crippen LogP contribution in [0.2, 0.25) is 0 Å². The maximum atomic E-state index is 12.5. The van der Waals surface area contributed by atoms with Crippen molar-refractivity contribution < 1.29 is 15.0 Å². The Labute approximate surface area is 149 Å². The first kappa shape index (κ1) is 17.5. The van der Waals surface area contributed by atoms with Gasteiger partial charge in [0.2, 0.25) is 5.91 Å². The number of nitrogens with zero attached hydrogens (tertiary/aromatic N) is 2. The van der Waals surface area contributed by atoms with Crippen LogP contribution >= 0.6 is 0 Å². The molecular weight excluding hydrogens is 334 g/mol. The number of phenols is 2. The van der Waals surface area contributed by atoms with Crippen LogP contribution in [0.25, 0.3) is 10.9 Å². The van der Waals surface area contributed by atoms with Gasteiger partial charge in [0, 0.05) is 6.54 Å². The summed E-state index contributed by atoms with van der Waals surface area (Å²) in [6, 6.07) is 9.88. The molecule has 0 spiro atoms. The summed E-state index contributed by atoms with van der Waals surface area (Å²) in [6.07, 6.45) is 1.87. The second-order valence-electron chi connectivity index (χ2n) is 6.07. The number of fused-ring (bicyclic) bond motifs is 1. The average Bonchev–Trinajstić information content (AvgIpc) is 2.61. The minimum atomic E-state index is -0.302. The quantitative estimate of drug-likeness (QED) is 0.603. The molecule has 0 saturated carbocycles. The van der Waals surface area contributed by atoms with Gasteiger partial charge in [0.15, 0.2) is 11.5 Å². The summed E-state index contributed by atoms with van der Waals surface area (Å²) in [6.45, 7) is 2.11. The summed E-state index contributed by atoms with van der Waals surface area (Å²) in [5.74, 6) is -0.682. The van der Waals surface area contributed by atoms with Crippen molar-refractivity contribution in [1.82, 2.24) is 14.9 Å². The predicted molar refractivity (Wildman–Crippen MR) is 97.2 cm³/mol. The summed E-state index contributed by atoms with van der Waals surface area (Å²) < 4.78 is 1.28. The molecule has 1 aromatic heterocycles. The van der Waals surface area contributed by atoms with Gasteiger partial charge in [-0.1, -0.05) is 18.2 Å². The van der Waals surface area contributed by atoms with E-state index in [2.05, 4.69) is 10.3 Å². The fraction of sp³-hybridized carbons (Fsp3) is 0.211. The van der Waals surface area contributed by atoms with Crippen molar-refractivity contribution in [3.8, 4) is 11.5 Å². The topological polar surface area (TPSA) is 104 Å². The highest BCUT2D eigenvalue weighted by molar-refractivity contribution is 5.81. The largest absolute Gasteiger partial charge is 0.504 e. The van der Waals surface area contributed by atoms with Crippen molar-refractivity contribution in [2.24, 2.45) is 0 Å². The first-order chi connectivity index (χ1) is 12.5. The van der Waals surface area contributed by atoms with Gasteiger partial charge in [-0.15, -0.1) is 0 Å². The molecule has 26 heavy (non-hydrogen) atoms. The Kier molecular flexibility index (Phi) is 4.88. The lowest BCUT2D eigenvalue weighted by Gasteiger charge is -2.09. The Balaban J connectivity index is 1.63. The minimum Gasteiger partial charge on any atom is -0.504 e. The molecule has 0 fully saturated rings. The van der Waals surface area contributed by atoms with Gasteiger partial charge in [-0.25, -0.2) is 4.98 Å². The minimum absolute atomic E-state index is 0.115. The fourth-order valence-electron chi connectivity index (χ4n) is 2.73. The van der Waals surface area contributed by atoms with Gasteiger partial charge in [0.25, 0.3) is 5.56 Å². The van der Waals surface area contributed by atoms with Crippen molar-refractivity contribution in [3.05, 3.63) is 64.2 Å². The lowest BCUT2D eigenvalue weighted by molar-refractivity contribution is -0.121. The molecule has 3 aromatic rings. The number of hydrogen-bond acceptors (Lipinski definition) is 5. The van der Waals surface area contributed by atoms with E-state index in [1.165, 1.54) is 23.0 Å². The molecule has 2 aromatic carbocycles. The van der Waals surface area contributed by atoms with Gasteiger partial charge in [-0.3, -0.25) is 14.2 Å². The highest BCUT2D eigenvalue weighted by Crippen LogP contribution is 2.24. The zero-order valence-electron chi connectivity index (χ0n) is 14.3. The van der Waals surface area contributed by atoms with Crippen molar-refractivity contribution in [3.63, 3.8) is 0 Å². The zero-order chi connectivity index (χ0) is 18.7. The SMILES string of the molecule is Cc1cccc2c(=O)n(CC(=O)NCCc3ccc(O)c(O)c3)cnc12. The van der Waals surface area contributed by atoms with E-state index >= 15 is 0 Å². The van der Waals surface area contributed by atoms with Crippen LogP contribution in [0.3, 0.4) is 0 Å². The second-order valence-corrected chi connectivity index (χ2v) is 6.07. The lowest BCUT2D eigenvalue weighted by Crippen LogP contribution is -2.33. The summed E-state index contributed by atoms with van der Waals surface area (Å²) in [5, 5.41) is 22.0. The lowest BCUT2D eigenvalue weighted by atomic mass is 10.1. The van der Waals surface area contributed by atoms with E-state index < -0.39 is 0 Å². The van der Waals surface area contributed by atoms with Crippen molar-refractivity contribution in [2.75, 3.05) is 6.54 Å². The number of para-hydroxylation sites is 1. The number of aryl methyl sites for hydroxylation is 1. The Morgan fingerprint density at radius 2 is 2.00 bits per heavy atom. The zero-order valence-corrected chi connectivity index (χ0v) is 14.3. The Morgan fingerprint density at radius 1 is 1.19 bits per heavy atom. The van der Waals surface area contributed by atoms with Gasteiger partial charge in [-0.2, -0.15) is 0 Å². The monoisotopic (exact) mass is 353 g/mol. The van der Waals surface area contributed by atoms with Crippen LogP contribution in [0.15, 0.2) is 47.5 Å². The molecular formula is C19H19N3O4. The molecule has 0 radical (unpaired) electrons. The number of aromatic hydroxyl groups is 2. The van der Waals surface area contributed by atoms with E-state index in [-0.39, 0.29) is 29.5 Å². The molecule has 0 saturated heterocycles. The van der Waals surface area contributed by atoms with E-state index in [9.17, 15) is 19.8 Å². The fourth-order valence-corrected chi connectivity index (χ4v) is 2.73. The van der Waals surface area contributed by atoms with E-state index in [4.69, 9.17) is 0 Å². The van der Waals surface area contributed by atoms with Crippen LogP contribution in [0.1, 0.15) is 11.1 Å². The highest BCUT2D eigenvalue weighted by atomic mass is 16.3. The second kappa shape index (κ2) is 7.26. The standard InChI is InChI=1S/C19H19N3O4/c1-12-3-2-4-14-18(12)21-11-22(19(14)26)10-17(25)20-8-7-13-5-6-15(23)16(24)9-13/h2-6,9,11,23-24H,7-8,10H2,1H3,(H,20,25). The highest BCUT2D eigenvalue weighted by Gasteiger charge is 2.09. The first-order valence-corrected chi connectivity index (χ1v) is 8.18. The Bertz CT molecular complexity index is 1030. The Hall–Kier alpha value is -3.35. The number of rotatable bonds is 5. The molecule has 3 N–H and O–H groups in total. The molecule has 1 heterocycles. The molecule has 3 rings (SSSR count). The van der Waals surface area contributed by atoms with Crippen molar-refractivity contribution in [1.29, 1.82) is 0 Å². The van der Waals surface area contributed by atoms with Crippen LogP contribution in [0, 0.1) is 6.92 Å². The molecule has 134 valence electrons. The molecule has 0 aliphatic carbocycles. The van der Waals surface area contributed by atoms with E-state index in [0.29, 0.717) is 23.9 Å². The van der Waals surface area contributed by atoms with Crippen LogP contribution in [-0.4, -0.2) is 32.2 Å². The van der Waals surface area contributed by atoms with E-state index in [0.717, 1.165) is 11.1 Å². The smallest absolute Gasteiger partial charge is 0.261 e. The summed E-state index contributed by atoms with van der Waals surface area (Å²) in [5.41, 5.74) is 2.08. The molecule has 0 aliphatic rings. The molecule has 7 heteroatoms. The number of nitrogens with one attached hydrogen (secondary N) is 1. The summed E-state index contributed by atoms with van der Waals surface area (Å²) in [7, 11) is 0. The normalized spacial score (nSPS) is 10.8. The molecule has 0 bridgehead atoms. The summed E-state index contributed by atoms with van der Waals surface area (Å²) >= 11 is 0. The van der Waals surface area contributed by atoms with Crippen LogP contribution < -0.4 is 10.9 Å². The predicted octanol–water partition coefficient (Wildman–Crippen LogP) is 1.48. The molecule has 0 aliphatic heterocycles. The number of benzene rings is 2. The van der Waals surface area contributed by atoms with Gasteiger partial charge in [-0.05, 0) is 42.7 Å². The van der Waals surface area contributed by atoms with Crippen molar-refractivity contribution in [2.45, 2.75) is 19.9 Å². The third kappa shape index (κ3) is 3.66. The first-order valence-electron chi connectivity index (χ1n) is 8.18. The van der Waals surface area contributed by atoms with E-state index in [1.54, 1.807) is 18.2 Å². The van der Waals surface area contributed by atoms with Crippen LogP contribution in [-0.2, 0) is 17.8 Å². The number of phenolic OH excluding ortho intramolecular Hbond substituents is 2. The van der Waals surface area contributed by atoms with E-state index in [1.807, 2.05) is 13.0 Å². The maximum absolute atomic E-state index is 12.5. The molecule has 0 unspecified atom stereocenters. The third-order valence-electron chi connectivity index (χ3n) is 4.14. The van der Waals surface area contributed by atoms with Gasteiger partial charge in [0.05, 0.1) is 17.2 Å². The van der Waals surface area contributed by atoms with Crippen molar-refractivity contribution >= 4 is 16.8 Å². The molecule has 7 nitrogen and oxygen atoms in total. The van der Waals surface area contributed by atoms with Gasteiger partial charge in [0.1, 0.15) is 6.54 Å². The summed E-state index contributed by atoms with van der Waals surface area (Å²) in [4.78, 5) is 28.8. The van der Waals surface area contributed by atoms with Gasteiger partial charge >= 0.3 is 0 Å². The van der Waals surface area contributed by atoms with Gasteiger partial charge < -0.3 is 15.5 Å². The average molecular weight is 353 g/mol. The number of carbonyl (C=O) groups excluding carboxylic acids is 1. The van der Waals surface area contributed by atoms with Crippen LogP contribution in [0.5, 0.6) is 11.5 Å². The number of carbonyl (C=O) groups is 1.